The van der Waals surface area contributed by atoms with Crippen LogP contribution in [0.3, 0.4) is 0 Å². The number of benzodiazepines with no additional fused rings is 1. The fourth-order valence-electron chi connectivity index (χ4n) is 2.65. The fraction of sp³-hybridized carbons (Fsp3) is 0.222. The summed E-state index contributed by atoms with van der Waals surface area (Å²) >= 11 is 5.89. The van der Waals surface area contributed by atoms with Gasteiger partial charge in [-0.2, -0.15) is 13.2 Å². The molecule has 0 bridgehead atoms. The first-order chi connectivity index (χ1) is 12.3. The second-order valence-corrected chi connectivity index (χ2v) is 6.16. The van der Waals surface area contributed by atoms with Crippen LogP contribution < -0.4 is 10.1 Å². The van der Waals surface area contributed by atoms with Crippen LogP contribution in [0.5, 0.6) is 5.75 Å². The predicted octanol–water partition coefficient (Wildman–Crippen LogP) is 4.46. The molecule has 1 N–H and O–H groups in total. The van der Waals surface area contributed by atoms with Crippen LogP contribution in [0.4, 0.5) is 18.9 Å². The van der Waals surface area contributed by atoms with Crippen LogP contribution in [0.2, 0.25) is 5.02 Å². The van der Waals surface area contributed by atoms with Gasteiger partial charge in [-0.3, -0.25) is 9.79 Å². The third-order valence-electron chi connectivity index (χ3n) is 3.87. The van der Waals surface area contributed by atoms with Crippen molar-refractivity contribution in [1.29, 1.82) is 0 Å². The number of nitrogens with zero attached hydrogens (tertiary/aromatic N) is 1. The van der Waals surface area contributed by atoms with Gasteiger partial charge in [-0.15, -0.1) is 0 Å². The number of benzene rings is 2. The summed E-state index contributed by atoms with van der Waals surface area (Å²) in [6.45, 7) is 0. The van der Waals surface area contributed by atoms with Gasteiger partial charge in [0.05, 0.1) is 24.9 Å². The van der Waals surface area contributed by atoms with Crippen molar-refractivity contribution in [2.45, 2.75) is 18.6 Å². The van der Waals surface area contributed by atoms with E-state index in [0.717, 1.165) is 0 Å². The van der Waals surface area contributed by atoms with Gasteiger partial charge < -0.3 is 10.1 Å². The zero-order valence-corrected chi connectivity index (χ0v) is 14.4. The van der Waals surface area contributed by atoms with Crippen molar-refractivity contribution in [3.05, 3.63) is 58.6 Å². The Morgan fingerprint density at radius 2 is 1.88 bits per heavy atom. The Balaban J connectivity index is 2.17. The van der Waals surface area contributed by atoms with E-state index in [2.05, 4.69) is 10.3 Å². The lowest BCUT2D eigenvalue weighted by Crippen LogP contribution is -2.30. The Kier molecular flexibility index (Phi) is 4.91. The molecule has 0 saturated heterocycles. The maximum absolute atomic E-state index is 12.9. The number of aliphatic imine (C=N–C) groups is 1. The highest BCUT2D eigenvalue weighted by Crippen LogP contribution is 2.31. The Labute approximate surface area is 152 Å². The lowest BCUT2D eigenvalue weighted by molar-refractivity contribution is -0.145. The zero-order valence-electron chi connectivity index (χ0n) is 13.6. The Hall–Kier alpha value is -2.54. The molecular weight excluding hydrogens is 369 g/mol. The van der Waals surface area contributed by atoms with Crippen molar-refractivity contribution in [3.63, 3.8) is 0 Å². The maximum Gasteiger partial charge on any atom is 0.391 e. The van der Waals surface area contributed by atoms with E-state index in [-0.39, 0.29) is 5.71 Å². The molecule has 8 heteroatoms. The molecule has 3 rings (SSSR count). The second-order valence-electron chi connectivity index (χ2n) is 5.72. The van der Waals surface area contributed by atoms with E-state index in [1.54, 1.807) is 42.5 Å². The maximum atomic E-state index is 12.9. The van der Waals surface area contributed by atoms with Gasteiger partial charge in [-0.25, -0.2) is 0 Å². The Morgan fingerprint density at radius 1 is 1.19 bits per heavy atom. The van der Waals surface area contributed by atoms with Gasteiger partial charge >= 0.3 is 6.18 Å². The molecule has 0 saturated carbocycles. The molecule has 1 heterocycles. The number of carbonyl (C=O) groups is 1. The smallest absolute Gasteiger partial charge is 0.391 e. The zero-order chi connectivity index (χ0) is 18.9. The third-order valence-corrected chi connectivity index (χ3v) is 4.12. The minimum atomic E-state index is -4.52. The van der Waals surface area contributed by atoms with Crippen molar-refractivity contribution >= 4 is 28.9 Å². The summed E-state index contributed by atoms with van der Waals surface area (Å²) in [4.78, 5) is 16.4. The molecule has 136 valence electrons. The van der Waals surface area contributed by atoms with E-state index >= 15 is 0 Å². The number of ether oxygens (including phenoxy) is 1. The Morgan fingerprint density at radius 3 is 2.50 bits per heavy atom. The summed E-state index contributed by atoms with van der Waals surface area (Å²) in [7, 11) is 1.47. The number of rotatable bonds is 3. The van der Waals surface area contributed by atoms with E-state index in [1.807, 2.05) is 0 Å². The normalized spacial score (nSPS) is 17.0. The molecule has 0 spiro atoms. The van der Waals surface area contributed by atoms with Crippen LogP contribution in [0.15, 0.2) is 47.5 Å². The molecule has 0 unspecified atom stereocenters. The first-order valence-electron chi connectivity index (χ1n) is 7.66. The number of amides is 1. The molecule has 0 aliphatic carbocycles. The van der Waals surface area contributed by atoms with Crippen LogP contribution in [-0.4, -0.2) is 30.9 Å². The van der Waals surface area contributed by atoms with Gasteiger partial charge in [0.1, 0.15) is 11.8 Å². The molecule has 0 aromatic heterocycles. The number of carbonyl (C=O) groups excluding carboxylic acids is 1. The van der Waals surface area contributed by atoms with Crippen LogP contribution in [-0.2, 0) is 4.79 Å². The van der Waals surface area contributed by atoms with E-state index < -0.39 is 24.5 Å². The van der Waals surface area contributed by atoms with Crippen LogP contribution in [0.25, 0.3) is 0 Å². The number of anilines is 1. The first kappa shape index (κ1) is 18.3. The number of halogens is 4. The Bertz CT molecular complexity index is 864. The molecule has 1 atom stereocenters. The lowest BCUT2D eigenvalue weighted by Gasteiger charge is -2.13. The molecule has 1 aliphatic rings. The topological polar surface area (TPSA) is 50.7 Å². The minimum absolute atomic E-state index is 0.267. The molecule has 0 fully saturated rings. The van der Waals surface area contributed by atoms with E-state index in [1.165, 1.54) is 7.11 Å². The van der Waals surface area contributed by atoms with Crippen molar-refractivity contribution < 1.29 is 22.7 Å². The van der Waals surface area contributed by atoms with Crippen LogP contribution >= 0.6 is 11.6 Å². The van der Waals surface area contributed by atoms with Gasteiger partial charge in [0, 0.05) is 16.1 Å². The SMILES string of the molecule is COc1ccc2c(c1)C(c1ccc(Cl)cc1)=N[C@@H](CC(F)(F)F)C(=O)N2. The number of hydrogen-bond donors (Lipinski definition) is 1. The van der Waals surface area contributed by atoms with Crippen molar-refractivity contribution in [2.75, 3.05) is 12.4 Å². The highest BCUT2D eigenvalue weighted by atomic mass is 35.5. The lowest BCUT2D eigenvalue weighted by atomic mass is 10.00. The van der Waals surface area contributed by atoms with Crippen LogP contribution in [0, 0.1) is 0 Å². The van der Waals surface area contributed by atoms with E-state index in [4.69, 9.17) is 16.3 Å². The number of methoxy groups -OCH3 is 1. The quantitative estimate of drug-likeness (QED) is 0.852. The summed E-state index contributed by atoms with van der Waals surface area (Å²) in [6, 6.07) is 9.74. The van der Waals surface area contributed by atoms with E-state index in [0.29, 0.717) is 27.6 Å². The largest absolute Gasteiger partial charge is 0.497 e. The van der Waals surface area contributed by atoms with E-state index in [9.17, 15) is 18.0 Å². The van der Waals surface area contributed by atoms with Gasteiger partial charge in [0.2, 0.25) is 5.91 Å². The van der Waals surface area contributed by atoms with Crippen molar-refractivity contribution in [1.82, 2.24) is 0 Å². The monoisotopic (exact) mass is 382 g/mol. The molecule has 26 heavy (non-hydrogen) atoms. The molecular formula is C18H14ClF3N2O2. The molecule has 2 aromatic rings. The van der Waals surface area contributed by atoms with Crippen molar-refractivity contribution in [3.8, 4) is 5.75 Å². The number of fused-ring (bicyclic) bond motifs is 1. The number of nitrogens with one attached hydrogen (secondary N) is 1. The van der Waals surface area contributed by atoms with Crippen LogP contribution in [0.1, 0.15) is 17.5 Å². The van der Waals surface area contributed by atoms with Crippen molar-refractivity contribution in [2.24, 2.45) is 4.99 Å². The molecule has 4 nitrogen and oxygen atoms in total. The van der Waals surface area contributed by atoms with Gasteiger partial charge in [-0.05, 0) is 30.3 Å². The first-order valence-corrected chi connectivity index (χ1v) is 8.04. The summed E-state index contributed by atoms with van der Waals surface area (Å²) in [6.07, 6.45) is -5.87. The second kappa shape index (κ2) is 6.99. The minimum Gasteiger partial charge on any atom is -0.497 e. The number of hydrogen-bond acceptors (Lipinski definition) is 3. The summed E-state index contributed by atoms with van der Waals surface area (Å²) in [5.41, 5.74) is 1.66. The summed E-state index contributed by atoms with van der Waals surface area (Å²) in [5.74, 6) is -0.313. The molecule has 1 aliphatic heterocycles. The van der Waals surface area contributed by atoms with Gasteiger partial charge in [0.25, 0.3) is 0 Å². The average molecular weight is 383 g/mol. The third kappa shape index (κ3) is 3.99. The molecule has 0 radical (unpaired) electrons. The average Bonchev–Trinajstić information content (AvgIpc) is 2.71. The molecule has 2 aromatic carbocycles. The highest BCUT2D eigenvalue weighted by Gasteiger charge is 2.37. The van der Waals surface area contributed by atoms with Gasteiger partial charge in [0.15, 0.2) is 0 Å². The van der Waals surface area contributed by atoms with Gasteiger partial charge in [-0.1, -0.05) is 23.7 Å². The molecule has 1 amide bonds. The summed E-state index contributed by atoms with van der Waals surface area (Å²) < 4.78 is 43.9. The highest BCUT2D eigenvalue weighted by molar-refractivity contribution is 6.30. The number of alkyl halides is 3. The summed E-state index contributed by atoms with van der Waals surface area (Å²) in [5, 5.41) is 3.00. The standard InChI is InChI=1S/C18H14ClF3N2O2/c1-26-12-6-7-14-13(8-12)16(10-2-4-11(19)5-3-10)23-15(17(25)24-14)9-18(20,21)22/h2-8,15H,9H2,1H3,(H,24,25)/t15-/m0/s1. The fourth-order valence-corrected chi connectivity index (χ4v) is 2.78. The predicted molar refractivity (Wildman–Crippen MR) is 93.2 cm³/mol.